The van der Waals surface area contributed by atoms with Crippen LogP contribution in [-0.4, -0.2) is 9.78 Å². The van der Waals surface area contributed by atoms with Crippen molar-refractivity contribution in [1.82, 2.24) is 15.1 Å². The van der Waals surface area contributed by atoms with Gasteiger partial charge in [0.05, 0.1) is 5.69 Å². The first-order valence-corrected chi connectivity index (χ1v) is 6.58. The molecule has 0 radical (unpaired) electrons. The summed E-state index contributed by atoms with van der Waals surface area (Å²) in [5, 5.41) is 8.52. The van der Waals surface area contributed by atoms with Crippen LogP contribution in [0.4, 0.5) is 0 Å². The van der Waals surface area contributed by atoms with Crippen LogP contribution in [0.15, 0.2) is 36.5 Å². The summed E-state index contributed by atoms with van der Waals surface area (Å²) < 4.78 is 2.00. The lowest BCUT2D eigenvalue weighted by Gasteiger charge is -2.14. The first-order chi connectivity index (χ1) is 8.70. The maximum absolute atomic E-state index is 5.88. The molecule has 4 heteroatoms. The Hall–Kier alpha value is -1.32. The SMILES string of the molecule is CCn1nccc1CNC(C)c1ccc(Cl)cc1. The van der Waals surface area contributed by atoms with E-state index in [1.54, 1.807) is 0 Å². The smallest absolute Gasteiger partial charge is 0.0522 e. The number of halogens is 1. The largest absolute Gasteiger partial charge is 0.305 e. The molecule has 0 amide bonds. The van der Waals surface area contributed by atoms with Crippen molar-refractivity contribution in [2.45, 2.75) is 33.0 Å². The van der Waals surface area contributed by atoms with E-state index in [0.717, 1.165) is 18.1 Å². The molecule has 1 unspecified atom stereocenters. The third-order valence-corrected chi connectivity index (χ3v) is 3.32. The second-order valence-corrected chi connectivity index (χ2v) is 4.73. The van der Waals surface area contributed by atoms with E-state index in [2.05, 4.69) is 36.4 Å². The summed E-state index contributed by atoms with van der Waals surface area (Å²) in [7, 11) is 0. The fourth-order valence-corrected chi connectivity index (χ4v) is 2.05. The second kappa shape index (κ2) is 6.03. The molecule has 96 valence electrons. The van der Waals surface area contributed by atoms with Gasteiger partial charge in [-0.25, -0.2) is 0 Å². The Kier molecular flexibility index (Phi) is 4.39. The Labute approximate surface area is 113 Å². The van der Waals surface area contributed by atoms with Crippen LogP contribution in [0.1, 0.15) is 31.1 Å². The van der Waals surface area contributed by atoms with E-state index in [-0.39, 0.29) is 0 Å². The lowest BCUT2D eigenvalue weighted by atomic mass is 10.1. The van der Waals surface area contributed by atoms with E-state index in [1.807, 2.05) is 29.1 Å². The predicted molar refractivity (Wildman–Crippen MR) is 74.6 cm³/mol. The predicted octanol–water partition coefficient (Wildman–Crippen LogP) is 3.41. The molecule has 1 atom stereocenters. The van der Waals surface area contributed by atoms with Crippen molar-refractivity contribution < 1.29 is 0 Å². The van der Waals surface area contributed by atoms with Gasteiger partial charge in [-0.1, -0.05) is 23.7 Å². The van der Waals surface area contributed by atoms with Crippen molar-refractivity contribution in [1.29, 1.82) is 0 Å². The maximum Gasteiger partial charge on any atom is 0.0522 e. The number of nitrogens with one attached hydrogen (secondary N) is 1. The second-order valence-electron chi connectivity index (χ2n) is 4.29. The molecule has 0 aliphatic carbocycles. The van der Waals surface area contributed by atoms with Crippen LogP contribution < -0.4 is 5.32 Å². The quantitative estimate of drug-likeness (QED) is 0.896. The van der Waals surface area contributed by atoms with Crippen LogP contribution in [0.5, 0.6) is 0 Å². The summed E-state index contributed by atoms with van der Waals surface area (Å²) in [5.41, 5.74) is 2.44. The molecule has 2 rings (SSSR count). The van der Waals surface area contributed by atoms with E-state index < -0.39 is 0 Å². The fourth-order valence-electron chi connectivity index (χ4n) is 1.92. The summed E-state index contributed by atoms with van der Waals surface area (Å²) in [6.07, 6.45) is 1.84. The zero-order chi connectivity index (χ0) is 13.0. The third kappa shape index (κ3) is 3.12. The van der Waals surface area contributed by atoms with E-state index in [9.17, 15) is 0 Å². The van der Waals surface area contributed by atoms with Gasteiger partial charge in [0.2, 0.25) is 0 Å². The van der Waals surface area contributed by atoms with Crippen LogP contribution >= 0.6 is 11.6 Å². The standard InChI is InChI=1S/C14H18ClN3/c1-3-18-14(8-9-17-18)10-16-11(2)12-4-6-13(15)7-5-12/h4-9,11,16H,3,10H2,1-2H3. The minimum Gasteiger partial charge on any atom is -0.305 e. The highest BCUT2D eigenvalue weighted by molar-refractivity contribution is 6.30. The Morgan fingerprint density at radius 3 is 2.67 bits per heavy atom. The molecule has 0 aliphatic rings. The van der Waals surface area contributed by atoms with Gasteiger partial charge in [0, 0.05) is 30.4 Å². The van der Waals surface area contributed by atoms with E-state index in [1.165, 1.54) is 11.3 Å². The summed E-state index contributed by atoms with van der Waals surface area (Å²) in [5.74, 6) is 0. The molecule has 0 saturated heterocycles. The molecule has 0 spiro atoms. The van der Waals surface area contributed by atoms with Gasteiger partial charge >= 0.3 is 0 Å². The lowest BCUT2D eigenvalue weighted by molar-refractivity contribution is 0.531. The number of hydrogen-bond acceptors (Lipinski definition) is 2. The number of benzene rings is 1. The third-order valence-electron chi connectivity index (χ3n) is 3.06. The summed E-state index contributed by atoms with van der Waals surface area (Å²) in [6, 6.07) is 10.3. The van der Waals surface area contributed by atoms with E-state index >= 15 is 0 Å². The Morgan fingerprint density at radius 2 is 2.00 bits per heavy atom. The monoisotopic (exact) mass is 263 g/mol. The van der Waals surface area contributed by atoms with Crippen molar-refractivity contribution in [3.05, 3.63) is 52.8 Å². The van der Waals surface area contributed by atoms with Crippen LogP contribution in [0.2, 0.25) is 5.02 Å². The molecule has 0 aliphatic heterocycles. The van der Waals surface area contributed by atoms with Gasteiger partial charge in [0.15, 0.2) is 0 Å². The Balaban J connectivity index is 1.96. The van der Waals surface area contributed by atoms with Crippen LogP contribution in [0.3, 0.4) is 0 Å². The highest BCUT2D eigenvalue weighted by Crippen LogP contribution is 2.16. The minimum absolute atomic E-state index is 0.294. The van der Waals surface area contributed by atoms with Gasteiger partial charge in [-0.05, 0) is 37.6 Å². The number of aryl methyl sites for hydroxylation is 1. The highest BCUT2D eigenvalue weighted by Gasteiger charge is 2.06. The normalized spacial score (nSPS) is 12.6. The van der Waals surface area contributed by atoms with E-state index in [4.69, 9.17) is 11.6 Å². The number of nitrogens with zero attached hydrogens (tertiary/aromatic N) is 2. The molecule has 0 fully saturated rings. The minimum atomic E-state index is 0.294. The van der Waals surface area contributed by atoms with Crippen LogP contribution in [0.25, 0.3) is 0 Å². The molecular formula is C14H18ClN3. The summed E-state index contributed by atoms with van der Waals surface area (Å²) >= 11 is 5.88. The van der Waals surface area contributed by atoms with Crippen LogP contribution in [0, 0.1) is 0 Å². The average Bonchev–Trinajstić information content (AvgIpc) is 2.84. The van der Waals surface area contributed by atoms with Crippen LogP contribution in [-0.2, 0) is 13.1 Å². The van der Waals surface area contributed by atoms with Crippen molar-refractivity contribution in [3.63, 3.8) is 0 Å². The molecule has 1 N–H and O–H groups in total. The van der Waals surface area contributed by atoms with Gasteiger partial charge in [-0.2, -0.15) is 5.10 Å². The first kappa shape index (κ1) is 13.1. The summed E-state index contributed by atoms with van der Waals surface area (Å²) in [6.45, 7) is 5.96. The van der Waals surface area contributed by atoms with Crippen molar-refractivity contribution >= 4 is 11.6 Å². The molecule has 1 aromatic heterocycles. The van der Waals surface area contributed by atoms with Crippen molar-refractivity contribution in [2.75, 3.05) is 0 Å². The number of hydrogen-bond donors (Lipinski definition) is 1. The number of aromatic nitrogens is 2. The molecule has 18 heavy (non-hydrogen) atoms. The Morgan fingerprint density at radius 1 is 1.28 bits per heavy atom. The highest BCUT2D eigenvalue weighted by atomic mass is 35.5. The molecule has 2 aromatic rings. The van der Waals surface area contributed by atoms with Gasteiger partial charge in [0.1, 0.15) is 0 Å². The molecule has 3 nitrogen and oxygen atoms in total. The zero-order valence-corrected chi connectivity index (χ0v) is 11.5. The topological polar surface area (TPSA) is 29.9 Å². The fraction of sp³-hybridized carbons (Fsp3) is 0.357. The molecule has 1 heterocycles. The van der Waals surface area contributed by atoms with Gasteiger partial charge in [-0.3, -0.25) is 4.68 Å². The van der Waals surface area contributed by atoms with Gasteiger partial charge in [-0.15, -0.1) is 0 Å². The molecule has 1 aromatic carbocycles. The van der Waals surface area contributed by atoms with Gasteiger partial charge < -0.3 is 5.32 Å². The summed E-state index contributed by atoms with van der Waals surface area (Å²) in [4.78, 5) is 0. The lowest BCUT2D eigenvalue weighted by Crippen LogP contribution is -2.20. The van der Waals surface area contributed by atoms with Gasteiger partial charge in [0.25, 0.3) is 0 Å². The van der Waals surface area contributed by atoms with Crippen molar-refractivity contribution in [3.8, 4) is 0 Å². The Bertz CT molecular complexity index is 490. The molecule has 0 saturated carbocycles. The molecular weight excluding hydrogens is 246 g/mol. The van der Waals surface area contributed by atoms with Crippen molar-refractivity contribution in [2.24, 2.45) is 0 Å². The number of rotatable bonds is 5. The average molecular weight is 264 g/mol. The first-order valence-electron chi connectivity index (χ1n) is 6.20. The molecule has 0 bridgehead atoms. The maximum atomic E-state index is 5.88. The zero-order valence-electron chi connectivity index (χ0n) is 10.7. The van der Waals surface area contributed by atoms with E-state index in [0.29, 0.717) is 6.04 Å².